The zero-order valence-electron chi connectivity index (χ0n) is 9.48. The Kier molecular flexibility index (Phi) is 3.98. The Morgan fingerprint density at radius 1 is 1.44 bits per heavy atom. The first-order valence-corrected chi connectivity index (χ1v) is 6.32. The monoisotopic (exact) mass is 313 g/mol. The van der Waals surface area contributed by atoms with Crippen molar-refractivity contribution < 1.29 is 19.4 Å². The maximum atomic E-state index is 11.8. The third-order valence-corrected chi connectivity index (χ3v) is 3.35. The van der Waals surface area contributed by atoms with Crippen molar-refractivity contribution in [1.82, 2.24) is 0 Å². The highest BCUT2D eigenvalue weighted by Crippen LogP contribution is 2.25. The fourth-order valence-electron chi connectivity index (χ4n) is 1.75. The van der Waals surface area contributed by atoms with Crippen LogP contribution in [0.5, 0.6) is 0 Å². The molecular weight excluding hydrogens is 302 g/mol. The molecule has 1 saturated heterocycles. The molecule has 2 rings (SSSR count). The molecule has 1 amide bonds. The quantitative estimate of drug-likeness (QED) is 0.897. The lowest BCUT2D eigenvalue weighted by Crippen LogP contribution is -2.27. The van der Waals surface area contributed by atoms with Crippen LogP contribution in [0.4, 0.5) is 5.69 Å². The lowest BCUT2D eigenvalue weighted by atomic mass is 10.2. The van der Waals surface area contributed by atoms with Gasteiger partial charge in [-0.15, -0.1) is 0 Å². The summed E-state index contributed by atoms with van der Waals surface area (Å²) in [6.07, 6.45) is 1.20. The van der Waals surface area contributed by atoms with Crippen LogP contribution in [0.3, 0.4) is 0 Å². The molecule has 1 aliphatic rings. The molecule has 18 heavy (non-hydrogen) atoms. The summed E-state index contributed by atoms with van der Waals surface area (Å²) in [5.41, 5.74) is 0.706. The summed E-state index contributed by atoms with van der Waals surface area (Å²) >= 11 is 3.23. The molecule has 0 unspecified atom stereocenters. The van der Waals surface area contributed by atoms with Gasteiger partial charge in [-0.3, -0.25) is 4.79 Å². The number of carboxylic acid groups (broad SMARTS) is 1. The number of aromatic carboxylic acids is 1. The zero-order valence-corrected chi connectivity index (χ0v) is 11.1. The van der Waals surface area contributed by atoms with Gasteiger partial charge in [-0.1, -0.05) is 0 Å². The number of anilines is 1. The molecule has 6 heteroatoms. The molecular formula is C12H12BrNO4. The molecule has 0 spiro atoms. The molecule has 5 nitrogen and oxygen atoms in total. The van der Waals surface area contributed by atoms with Crippen LogP contribution in [-0.2, 0) is 9.53 Å². The highest BCUT2D eigenvalue weighted by atomic mass is 79.9. The summed E-state index contributed by atoms with van der Waals surface area (Å²) < 4.78 is 5.80. The highest BCUT2D eigenvalue weighted by Gasteiger charge is 2.24. The van der Waals surface area contributed by atoms with E-state index in [2.05, 4.69) is 21.2 Å². The number of halogens is 1. The Morgan fingerprint density at radius 3 is 2.78 bits per heavy atom. The molecule has 0 aliphatic carbocycles. The third kappa shape index (κ3) is 2.88. The number of hydrogen-bond donors (Lipinski definition) is 2. The maximum Gasteiger partial charge on any atom is 0.335 e. The van der Waals surface area contributed by atoms with Gasteiger partial charge in [0.2, 0.25) is 0 Å². The van der Waals surface area contributed by atoms with Gasteiger partial charge in [0.1, 0.15) is 6.10 Å². The molecule has 0 radical (unpaired) electrons. The summed E-state index contributed by atoms with van der Waals surface area (Å²) in [7, 11) is 0. The first-order valence-electron chi connectivity index (χ1n) is 5.53. The van der Waals surface area contributed by atoms with Gasteiger partial charge in [0.15, 0.2) is 0 Å². The van der Waals surface area contributed by atoms with E-state index in [1.807, 2.05) is 0 Å². The first-order chi connectivity index (χ1) is 8.58. The molecule has 96 valence electrons. The minimum atomic E-state index is -1.01. The predicted molar refractivity (Wildman–Crippen MR) is 68.7 cm³/mol. The first kappa shape index (κ1) is 13.0. The minimum Gasteiger partial charge on any atom is -0.478 e. The molecule has 1 fully saturated rings. The Hall–Kier alpha value is -1.40. The Morgan fingerprint density at radius 2 is 2.22 bits per heavy atom. The molecule has 1 aliphatic heterocycles. The van der Waals surface area contributed by atoms with Crippen LogP contribution >= 0.6 is 15.9 Å². The number of carbonyl (C=O) groups excluding carboxylic acids is 1. The van der Waals surface area contributed by atoms with Crippen LogP contribution in [0.1, 0.15) is 23.2 Å². The van der Waals surface area contributed by atoms with E-state index in [1.165, 1.54) is 12.1 Å². The molecule has 1 aromatic carbocycles. The average Bonchev–Trinajstić information content (AvgIpc) is 2.85. The second kappa shape index (κ2) is 5.49. The number of amides is 1. The molecule has 1 aromatic rings. The largest absolute Gasteiger partial charge is 0.478 e. The fourth-order valence-corrected chi connectivity index (χ4v) is 2.23. The van der Waals surface area contributed by atoms with Gasteiger partial charge >= 0.3 is 5.97 Å². The van der Waals surface area contributed by atoms with E-state index < -0.39 is 12.1 Å². The molecule has 0 aromatic heterocycles. The van der Waals surface area contributed by atoms with E-state index in [0.29, 0.717) is 16.8 Å². The van der Waals surface area contributed by atoms with Crippen LogP contribution in [-0.4, -0.2) is 29.7 Å². The van der Waals surface area contributed by atoms with Crippen molar-refractivity contribution in [2.75, 3.05) is 11.9 Å². The van der Waals surface area contributed by atoms with Gasteiger partial charge in [-0.05, 0) is 47.0 Å². The molecule has 1 heterocycles. The van der Waals surface area contributed by atoms with E-state index in [-0.39, 0.29) is 11.5 Å². The molecule has 0 bridgehead atoms. The van der Waals surface area contributed by atoms with E-state index >= 15 is 0 Å². The van der Waals surface area contributed by atoms with Crippen molar-refractivity contribution in [1.29, 1.82) is 0 Å². The molecule has 2 N–H and O–H groups in total. The predicted octanol–water partition coefficient (Wildman–Crippen LogP) is 2.26. The number of rotatable bonds is 3. The van der Waals surface area contributed by atoms with Crippen molar-refractivity contribution in [3.63, 3.8) is 0 Å². The minimum absolute atomic E-state index is 0.164. The van der Waals surface area contributed by atoms with Gasteiger partial charge in [0.05, 0.1) is 11.3 Å². The zero-order chi connectivity index (χ0) is 13.1. The van der Waals surface area contributed by atoms with Gasteiger partial charge in [0.25, 0.3) is 5.91 Å². The van der Waals surface area contributed by atoms with Crippen molar-refractivity contribution >= 4 is 33.5 Å². The van der Waals surface area contributed by atoms with Gasteiger partial charge in [-0.2, -0.15) is 0 Å². The topological polar surface area (TPSA) is 75.6 Å². The second-order valence-electron chi connectivity index (χ2n) is 3.99. The number of carboxylic acids is 1. The van der Waals surface area contributed by atoms with Crippen LogP contribution in [0.25, 0.3) is 0 Å². The summed E-state index contributed by atoms with van der Waals surface area (Å²) in [4.78, 5) is 22.6. The number of benzene rings is 1. The Labute approximate surface area is 112 Å². The summed E-state index contributed by atoms with van der Waals surface area (Å²) in [5, 5.41) is 11.5. The number of hydrogen-bond acceptors (Lipinski definition) is 3. The maximum absolute atomic E-state index is 11.8. The Balaban J connectivity index is 2.09. The highest BCUT2D eigenvalue weighted by molar-refractivity contribution is 9.10. The van der Waals surface area contributed by atoms with Crippen molar-refractivity contribution in [3.05, 3.63) is 28.2 Å². The van der Waals surface area contributed by atoms with Crippen molar-refractivity contribution in [3.8, 4) is 0 Å². The average molecular weight is 314 g/mol. The smallest absolute Gasteiger partial charge is 0.335 e. The van der Waals surface area contributed by atoms with Crippen LogP contribution < -0.4 is 5.32 Å². The van der Waals surface area contributed by atoms with E-state index in [4.69, 9.17) is 9.84 Å². The van der Waals surface area contributed by atoms with Gasteiger partial charge in [0, 0.05) is 11.1 Å². The summed E-state index contributed by atoms with van der Waals surface area (Å²) in [6.45, 7) is 0.608. The summed E-state index contributed by atoms with van der Waals surface area (Å²) in [6, 6.07) is 4.45. The standard InChI is InChI=1S/C12H12BrNO4/c13-8-6-7(12(16)17)3-4-9(8)14-11(15)10-2-1-5-18-10/h3-4,6,10H,1-2,5H2,(H,14,15)(H,16,17)/t10-/m1/s1. The normalized spacial score (nSPS) is 18.6. The van der Waals surface area contributed by atoms with Gasteiger partial charge < -0.3 is 15.2 Å². The van der Waals surface area contributed by atoms with Crippen LogP contribution in [0.2, 0.25) is 0 Å². The SMILES string of the molecule is O=C(O)c1ccc(NC(=O)[C@H]2CCCO2)c(Br)c1. The molecule has 1 atom stereocenters. The lowest BCUT2D eigenvalue weighted by molar-refractivity contribution is -0.124. The Bertz CT molecular complexity index is 483. The van der Waals surface area contributed by atoms with Gasteiger partial charge in [-0.25, -0.2) is 4.79 Å². The fraction of sp³-hybridized carbons (Fsp3) is 0.333. The molecule has 0 saturated carbocycles. The van der Waals surface area contributed by atoms with E-state index in [1.54, 1.807) is 6.07 Å². The number of carbonyl (C=O) groups is 2. The lowest BCUT2D eigenvalue weighted by Gasteiger charge is -2.12. The van der Waals surface area contributed by atoms with Crippen molar-refractivity contribution in [2.24, 2.45) is 0 Å². The second-order valence-corrected chi connectivity index (χ2v) is 4.85. The van der Waals surface area contributed by atoms with Crippen LogP contribution in [0.15, 0.2) is 22.7 Å². The number of ether oxygens (including phenoxy) is 1. The third-order valence-electron chi connectivity index (χ3n) is 2.70. The van der Waals surface area contributed by atoms with Crippen LogP contribution in [0, 0.1) is 0 Å². The van der Waals surface area contributed by atoms with E-state index in [9.17, 15) is 9.59 Å². The summed E-state index contributed by atoms with van der Waals surface area (Å²) in [5.74, 6) is -1.20. The van der Waals surface area contributed by atoms with Crippen molar-refractivity contribution in [2.45, 2.75) is 18.9 Å². The van der Waals surface area contributed by atoms with E-state index in [0.717, 1.165) is 12.8 Å². The number of nitrogens with one attached hydrogen (secondary N) is 1.